The van der Waals surface area contributed by atoms with E-state index in [2.05, 4.69) is 0 Å². The van der Waals surface area contributed by atoms with E-state index >= 15 is 0 Å². The molecule has 3 nitrogen and oxygen atoms in total. The zero-order valence-electron chi connectivity index (χ0n) is 10.0. The van der Waals surface area contributed by atoms with E-state index in [4.69, 9.17) is 22.7 Å². The van der Waals surface area contributed by atoms with Gasteiger partial charge < -0.3 is 10.6 Å². The van der Waals surface area contributed by atoms with Crippen molar-refractivity contribution in [2.24, 2.45) is 5.73 Å². The molecule has 0 heterocycles. The van der Waals surface area contributed by atoms with E-state index < -0.39 is 0 Å². The summed E-state index contributed by atoms with van der Waals surface area (Å²) in [5, 5.41) is 8.23. The lowest BCUT2D eigenvalue weighted by molar-refractivity contribution is 1.20. The Balaban J connectivity index is 2.50. The quantitative estimate of drug-likeness (QED) is 0.656. The molecule has 0 atom stereocenters. The van der Waals surface area contributed by atoms with Gasteiger partial charge in [-0.25, -0.2) is 0 Å². The molecule has 0 aromatic heterocycles. The summed E-state index contributed by atoms with van der Waals surface area (Å²) in [4.78, 5) is 1.96. The molecule has 0 bridgehead atoms. The van der Waals surface area contributed by atoms with Crippen LogP contribution in [-0.2, 0) is 0 Å². The number of halogens is 1. The van der Waals surface area contributed by atoms with Gasteiger partial charge in [-0.3, -0.25) is 5.41 Å². The van der Waals surface area contributed by atoms with E-state index in [9.17, 15) is 0 Å². The second-order valence-corrected chi connectivity index (χ2v) is 4.41. The monoisotopic (exact) mass is 259 g/mol. The molecule has 3 N–H and O–H groups in total. The minimum Gasteiger partial charge on any atom is -0.384 e. The third-order valence-corrected chi connectivity index (χ3v) is 2.99. The van der Waals surface area contributed by atoms with E-state index in [0.717, 1.165) is 11.4 Å². The van der Waals surface area contributed by atoms with Crippen LogP contribution in [0.25, 0.3) is 0 Å². The molecule has 4 heteroatoms. The van der Waals surface area contributed by atoms with Crippen molar-refractivity contribution in [3.63, 3.8) is 0 Å². The molecule has 0 saturated heterocycles. The van der Waals surface area contributed by atoms with Crippen molar-refractivity contribution >= 4 is 28.8 Å². The zero-order chi connectivity index (χ0) is 13.1. The fraction of sp³-hybridized carbons (Fsp3) is 0.0714. The van der Waals surface area contributed by atoms with Crippen LogP contribution >= 0.6 is 11.6 Å². The number of nitrogens with one attached hydrogen (secondary N) is 1. The molecule has 2 rings (SSSR count). The number of para-hydroxylation sites is 1. The Labute approximate surface area is 111 Å². The average Bonchev–Trinajstić information content (AvgIpc) is 2.38. The molecule has 0 amide bonds. The van der Waals surface area contributed by atoms with Crippen molar-refractivity contribution in [2.45, 2.75) is 0 Å². The van der Waals surface area contributed by atoms with Gasteiger partial charge in [0.25, 0.3) is 0 Å². The molecule has 0 fully saturated rings. The maximum absolute atomic E-state index is 7.61. The molecular formula is C14H14ClN3. The highest BCUT2D eigenvalue weighted by molar-refractivity contribution is 6.31. The van der Waals surface area contributed by atoms with Gasteiger partial charge in [0, 0.05) is 23.3 Å². The number of nitrogen functional groups attached to an aromatic ring is 1. The third-order valence-electron chi connectivity index (χ3n) is 2.75. The Morgan fingerprint density at radius 2 is 1.83 bits per heavy atom. The number of benzene rings is 2. The van der Waals surface area contributed by atoms with E-state index in [0.29, 0.717) is 10.6 Å². The molecule has 0 spiro atoms. The van der Waals surface area contributed by atoms with Gasteiger partial charge >= 0.3 is 0 Å². The smallest absolute Gasteiger partial charge is 0.124 e. The molecule has 18 heavy (non-hydrogen) atoms. The number of nitrogens with zero attached hydrogens (tertiary/aromatic N) is 1. The van der Waals surface area contributed by atoms with Crippen molar-refractivity contribution in [2.75, 3.05) is 11.9 Å². The fourth-order valence-corrected chi connectivity index (χ4v) is 1.97. The highest BCUT2D eigenvalue weighted by Crippen LogP contribution is 2.29. The predicted octanol–water partition coefficient (Wildman–Crippen LogP) is 3.39. The van der Waals surface area contributed by atoms with Gasteiger partial charge in [0.2, 0.25) is 0 Å². The summed E-state index contributed by atoms with van der Waals surface area (Å²) in [5.74, 6) is 0.0319. The minimum atomic E-state index is 0.0319. The number of amidine groups is 1. The van der Waals surface area contributed by atoms with Crippen LogP contribution in [0.4, 0.5) is 11.4 Å². The standard InChI is InChI=1S/C14H14ClN3/c1-18(11-5-3-2-4-6-11)13-9-10(15)7-8-12(13)14(16)17/h2-9H,1H3,(H3,16,17). The largest absolute Gasteiger partial charge is 0.384 e. The Bertz CT molecular complexity index is 567. The second kappa shape index (κ2) is 5.10. The first-order chi connectivity index (χ1) is 8.59. The number of hydrogen-bond donors (Lipinski definition) is 2. The summed E-state index contributed by atoms with van der Waals surface area (Å²) in [5.41, 5.74) is 8.10. The van der Waals surface area contributed by atoms with Gasteiger partial charge in [-0.2, -0.15) is 0 Å². The van der Waals surface area contributed by atoms with Crippen molar-refractivity contribution in [3.8, 4) is 0 Å². The van der Waals surface area contributed by atoms with Crippen LogP contribution in [-0.4, -0.2) is 12.9 Å². The second-order valence-electron chi connectivity index (χ2n) is 3.97. The van der Waals surface area contributed by atoms with Crippen LogP contribution in [0.3, 0.4) is 0 Å². The molecule has 0 saturated carbocycles. The molecule has 0 aliphatic heterocycles. The van der Waals surface area contributed by atoms with E-state index in [1.54, 1.807) is 12.1 Å². The molecule has 0 aliphatic carbocycles. The van der Waals surface area contributed by atoms with Gasteiger partial charge in [-0.05, 0) is 30.3 Å². The number of hydrogen-bond acceptors (Lipinski definition) is 2. The summed E-state index contributed by atoms with van der Waals surface area (Å²) < 4.78 is 0. The van der Waals surface area contributed by atoms with Gasteiger partial charge in [0.15, 0.2) is 0 Å². The molecule has 0 aliphatic rings. The van der Waals surface area contributed by atoms with Crippen LogP contribution in [0.1, 0.15) is 5.56 Å². The summed E-state index contributed by atoms with van der Waals surface area (Å²) in [6.45, 7) is 0. The lowest BCUT2D eigenvalue weighted by Gasteiger charge is -2.22. The van der Waals surface area contributed by atoms with E-state index in [-0.39, 0.29) is 5.84 Å². The Hall–Kier alpha value is -2.00. The molecule has 0 radical (unpaired) electrons. The summed E-state index contributed by atoms with van der Waals surface area (Å²) in [6.07, 6.45) is 0. The zero-order valence-corrected chi connectivity index (χ0v) is 10.8. The Morgan fingerprint density at radius 3 is 2.44 bits per heavy atom. The van der Waals surface area contributed by atoms with Crippen LogP contribution in [0.5, 0.6) is 0 Å². The number of anilines is 2. The topological polar surface area (TPSA) is 53.1 Å². The van der Waals surface area contributed by atoms with Gasteiger partial charge in [-0.15, -0.1) is 0 Å². The summed E-state index contributed by atoms with van der Waals surface area (Å²) in [7, 11) is 1.92. The van der Waals surface area contributed by atoms with Crippen molar-refractivity contribution in [1.82, 2.24) is 0 Å². The van der Waals surface area contributed by atoms with Crippen LogP contribution in [0, 0.1) is 5.41 Å². The molecule has 2 aromatic carbocycles. The van der Waals surface area contributed by atoms with Crippen LogP contribution in [0.15, 0.2) is 48.5 Å². The first-order valence-corrected chi connectivity index (χ1v) is 5.90. The third kappa shape index (κ3) is 2.46. The van der Waals surface area contributed by atoms with Crippen molar-refractivity contribution < 1.29 is 0 Å². The number of nitrogens with two attached hydrogens (primary N) is 1. The maximum Gasteiger partial charge on any atom is 0.124 e. The predicted molar refractivity (Wildman–Crippen MR) is 77.0 cm³/mol. The first kappa shape index (κ1) is 12.5. The van der Waals surface area contributed by atoms with Crippen molar-refractivity contribution in [1.29, 1.82) is 5.41 Å². The molecule has 0 unspecified atom stereocenters. The molecule has 92 valence electrons. The van der Waals surface area contributed by atoms with Gasteiger partial charge in [0.05, 0.1) is 5.69 Å². The highest BCUT2D eigenvalue weighted by atomic mass is 35.5. The fourth-order valence-electron chi connectivity index (χ4n) is 1.80. The minimum absolute atomic E-state index is 0.0319. The van der Waals surface area contributed by atoms with E-state index in [1.165, 1.54) is 0 Å². The first-order valence-electron chi connectivity index (χ1n) is 5.52. The molecular weight excluding hydrogens is 246 g/mol. The SMILES string of the molecule is CN(c1ccccc1)c1cc(Cl)ccc1C(=N)N. The lowest BCUT2D eigenvalue weighted by atomic mass is 10.1. The van der Waals surface area contributed by atoms with Gasteiger partial charge in [-0.1, -0.05) is 29.8 Å². The van der Waals surface area contributed by atoms with Crippen molar-refractivity contribution in [3.05, 3.63) is 59.1 Å². The summed E-state index contributed by atoms with van der Waals surface area (Å²) in [6, 6.07) is 15.2. The highest BCUT2D eigenvalue weighted by Gasteiger charge is 2.11. The summed E-state index contributed by atoms with van der Waals surface area (Å²) >= 11 is 6.02. The maximum atomic E-state index is 7.61. The normalized spacial score (nSPS) is 10.1. The Kier molecular flexibility index (Phi) is 3.53. The number of rotatable bonds is 3. The lowest BCUT2D eigenvalue weighted by Crippen LogP contribution is -2.18. The van der Waals surface area contributed by atoms with Crippen LogP contribution in [0.2, 0.25) is 5.02 Å². The Morgan fingerprint density at radius 1 is 1.17 bits per heavy atom. The van der Waals surface area contributed by atoms with Gasteiger partial charge in [0.1, 0.15) is 5.84 Å². The average molecular weight is 260 g/mol. The molecule has 2 aromatic rings. The van der Waals surface area contributed by atoms with E-state index in [1.807, 2.05) is 48.3 Å². The van der Waals surface area contributed by atoms with Crippen LogP contribution < -0.4 is 10.6 Å².